The first-order chi connectivity index (χ1) is 14.5. The number of halogens is 2. The quantitative estimate of drug-likeness (QED) is 0.445. The van der Waals surface area contributed by atoms with Gasteiger partial charge in [0, 0.05) is 27.5 Å². The maximum Gasteiger partial charge on any atom is 0.249 e. The van der Waals surface area contributed by atoms with E-state index in [9.17, 15) is 13.6 Å². The average Bonchev–Trinajstić information content (AvgIpc) is 3.38. The maximum absolute atomic E-state index is 14.4. The summed E-state index contributed by atoms with van der Waals surface area (Å²) in [6.45, 7) is 0.0707. The first kappa shape index (κ1) is 18.1. The minimum absolute atomic E-state index is 0.0707. The zero-order valence-electron chi connectivity index (χ0n) is 15.7. The van der Waals surface area contributed by atoms with E-state index in [1.807, 2.05) is 22.8 Å². The zero-order valence-corrected chi connectivity index (χ0v) is 15.7. The van der Waals surface area contributed by atoms with Crippen LogP contribution in [0.25, 0.3) is 33.1 Å². The van der Waals surface area contributed by atoms with Crippen molar-refractivity contribution in [3.63, 3.8) is 0 Å². The number of fused-ring (bicyclic) bond motifs is 3. The second kappa shape index (κ2) is 6.84. The summed E-state index contributed by atoms with van der Waals surface area (Å²) in [4.78, 5) is 12.1. The Labute approximate surface area is 170 Å². The Kier molecular flexibility index (Phi) is 4.13. The van der Waals surface area contributed by atoms with Crippen molar-refractivity contribution >= 4 is 27.7 Å². The molecule has 0 aliphatic heterocycles. The van der Waals surface area contributed by atoms with Crippen LogP contribution in [0.15, 0.2) is 71.3 Å². The first-order valence-electron chi connectivity index (χ1n) is 9.28. The highest BCUT2D eigenvalue weighted by Crippen LogP contribution is 2.35. The number of primary amides is 1. The van der Waals surface area contributed by atoms with Gasteiger partial charge in [-0.2, -0.15) is 0 Å². The van der Waals surface area contributed by atoms with Crippen molar-refractivity contribution in [2.75, 3.05) is 0 Å². The Morgan fingerprint density at radius 1 is 1.07 bits per heavy atom. The number of carbonyl (C=O) groups excluding carboxylic acids is 1. The van der Waals surface area contributed by atoms with Crippen LogP contribution in [0.3, 0.4) is 0 Å². The Hall–Kier alpha value is -3.93. The van der Waals surface area contributed by atoms with E-state index in [0.717, 1.165) is 11.6 Å². The van der Waals surface area contributed by atoms with Crippen molar-refractivity contribution in [1.29, 1.82) is 0 Å². The van der Waals surface area contributed by atoms with Gasteiger partial charge in [0.1, 0.15) is 5.76 Å². The average molecular weight is 401 g/mol. The molecule has 4 nitrogen and oxygen atoms in total. The fraction of sp³-hybridized carbons (Fsp3) is 0.0417. The van der Waals surface area contributed by atoms with Crippen LogP contribution in [-0.2, 0) is 6.54 Å². The molecule has 0 saturated heterocycles. The van der Waals surface area contributed by atoms with E-state index in [4.69, 9.17) is 10.2 Å². The predicted octanol–water partition coefficient (Wildman–Crippen LogP) is 5.28. The van der Waals surface area contributed by atoms with Crippen LogP contribution in [0.2, 0.25) is 0 Å². The molecule has 5 rings (SSSR count). The lowest BCUT2D eigenvalue weighted by Gasteiger charge is -2.10. The molecule has 0 aliphatic rings. The van der Waals surface area contributed by atoms with Gasteiger partial charge in [0.25, 0.3) is 0 Å². The molecule has 1 amide bonds. The Morgan fingerprint density at radius 2 is 1.90 bits per heavy atom. The van der Waals surface area contributed by atoms with Crippen LogP contribution in [0.1, 0.15) is 15.9 Å². The van der Waals surface area contributed by atoms with E-state index in [2.05, 4.69) is 6.07 Å². The van der Waals surface area contributed by atoms with Crippen LogP contribution in [0.5, 0.6) is 0 Å². The summed E-state index contributed by atoms with van der Waals surface area (Å²) >= 11 is 0. The van der Waals surface area contributed by atoms with E-state index >= 15 is 0 Å². The Morgan fingerprint density at radius 3 is 2.67 bits per heavy atom. The number of benzene rings is 3. The molecule has 2 heterocycles. The third-order valence-corrected chi connectivity index (χ3v) is 5.23. The number of nitrogens with zero attached hydrogens (tertiary/aromatic N) is 1. The predicted molar refractivity (Wildman–Crippen MR) is 110 cm³/mol. The standard InChI is InChI=1S/C24H15F2N2O2/c25-18-6-1-4-15(23(18)26)13-28-19-7-2-5-17(24(27)29)22(19)16-10-9-14(12-20(16)28)21-8-3-11-30-21/h1-9,11-12H,13H2,(H2,27,29). The zero-order chi connectivity index (χ0) is 20.8. The third-order valence-electron chi connectivity index (χ3n) is 5.23. The van der Waals surface area contributed by atoms with E-state index in [0.29, 0.717) is 33.1 Å². The molecule has 1 radical (unpaired) electrons. The van der Waals surface area contributed by atoms with Gasteiger partial charge in [-0.15, -0.1) is 0 Å². The van der Waals surface area contributed by atoms with Crippen molar-refractivity contribution in [3.05, 3.63) is 95.8 Å². The van der Waals surface area contributed by atoms with Gasteiger partial charge in [0.05, 0.1) is 23.8 Å². The van der Waals surface area contributed by atoms with Gasteiger partial charge in [0.2, 0.25) is 5.91 Å². The molecule has 147 valence electrons. The number of nitrogens with two attached hydrogens (primary N) is 1. The summed E-state index contributed by atoms with van der Waals surface area (Å²) < 4.78 is 35.5. The van der Waals surface area contributed by atoms with Gasteiger partial charge >= 0.3 is 0 Å². The Bertz CT molecular complexity index is 1420. The summed E-state index contributed by atoms with van der Waals surface area (Å²) in [6, 6.07) is 19.7. The monoisotopic (exact) mass is 401 g/mol. The molecule has 5 aromatic rings. The Balaban J connectivity index is 1.83. The fourth-order valence-electron chi connectivity index (χ4n) is 3.86. The minimum atomic E-state index is -0.908. The summed E-state index contributed by atoms with van der Waals surface area (Å²) in [5.41, 5.74) is 8.30. The van der Waals surface area contributed by atoms with Crippen molar-refractivity contribution in [2.24, 2.45) is 5.73 Å². The molecule has 0 aliphatic carbocycles. The lowest BCUT2D eigenvalue weighted by Crippen LogP contribution is -2.11. The summed E-state index contributed by atoms with van der Waals surface area (Å²) in [7, 11) is 0. The topological polar surface area (TPSA) is 61.2 Å². The minimum Gasteiger partial charge on any atom is -0.464 e. The molecule has 0 atom stereocenters. The van der Waals surface area contributed by atoms with E-state index in [1.54, 1.807) is 30.5 Å². The molecule has 30 heavy (non-hydrogen) atoms. The number of furan rings is 1. The number of hydrogen-bond acceptors (Lipinski definition) is 2. The number of carbonyl (C=O) groups is 1. The fourth-order valence-corrected chi connectivity index (χ4v) is 3.86. The van der Waals surface area contributed by atoms with Gasteiger partial charge < -0.3 is 14.7 Å². The molecule has 2 N–H and O–H groups in total. The van der Waals surface area contributed by atoms with Gasteiger partial charge in [-0.05, 0) is 48.5 Å². The highest BCUT2D eigenvalue weighted by Gasteiger charge is 2.19. The largest absolute Gasteiger partial charge is 0.464 e. The molecule has 2 aromatic heterocycles. The number of rotatable bonds is 4. The molecular formula is C24H15F2N2O2. The number of hydrogen-bond donors (Lipinski definition) is 1. The molecular weight excluding hydrogens is 386 g/mol. The van der Waals surface area contributed by atoms with Crippen LogP contribution < -0.4 is 5.73 Å². The van der Waals surface area contributed by atoms with Gasteiger partial charge in [0.15, 0.2) is 11.6 Å². The highest BCUT2D eigenvalue weighted by atomic mass is 19.2. The van der Waals surface area contributed by atoms with Crippen LogP contribution in [-0.4, -0.2) is 10.5 Å². The van der Waals surface area contributed by atoms with Crippen molar-refractivity contribution in [3.8, 4) is 11.3 Å². The smallest absolute Gasteiger partial charge is 0.249 e. The van der Waals surface area contributed by atoms with Crippen molar-refractivity contribution in [2.45, 2.75) is 6.54 Å². The van der Waals surface area contributed by atoms with Crippen LogP contribution in [0, 0.1) is 17.7 Å². The number of aromatic nitrogens is 1. The first-order valence-corrected chi connectivity index (χ1v) is 9.28. The van der Waals surface area contributed by atoms with E-state index in [-0.39, 0.29) is 12.1 Å². The maximum atomic E-state index is 14.4. The summed E-state index contributed by atoms with van der Waals surface area (Å²) in [5, 5.41) is 1.30. The van der Waals surface area contributed by atoms with Crippen molar-refractivity contribution < 1.29 is 18.0 Å². The molecule has 0 bridgehead atoms. The van der Waals surface area contributed by atoms with Crippen LogP contribution in [0.4, 0.5) is 8.78 Å². The van der Waals surface area contributed by atoms with Gasteiger partial charge in [-0.1, -0.05) is 18.2 Å². The normalized spacial score (nSPS) is 11.4. The third kappa shape index (κ3) is 2.76. The van der Waals surface area contributed by atoms with E-state index < -0.39 is 17.5 Å². The van der Waals surface area contributed by atoms with Gasteiger partial charge in [-0.25, -0.2) is 8.78 Å². The molecule has 0 fully saturated rings. The molecule has 0 spiro atoms. The summed E-state index contributed by atoms with van der Waals surface area (Å²) in [5.74, 6) is -1.73. The molecule has 3 aromatic carbocycles. The molecule has 0 saturated carbocycles. The van der Waals surface area contributed by atoms with E-state index in [1.165, 1.54) is 12.1 Å². The van der Waals surface area contributed by atoms with Gasteiger partial charge in [-0.3, -0.25) is 4.79 Å². The van der Waals surface area contributed by atoms with Crippen LogP contribution >= 0.6 is 0 Å². The molecule has 6 heteroatoms. The summed E-state index contributed by atoms with van der Waals surface area (Å²) in [6.07, 6.45) is 1.57. The highest BCUT2D eigenvalue weighted by molar-refractivity contribution is 6.18. The lowest BCUT2D eigenvalue weighted by atomic mass is 10.0. The second-order valence-electron chi connectivity index (χ2n) is 6.99. The number of amides is 1. The molecule has 0 unspecified atom stereocenters. The van der Waals surface area contributed by atoms with Crippen molar-refractivity contribution in [1.82, 2.24) is 4.57 Å². The SMILES string of the molecule is NC(=O)c1cccc2c1c1[c]cc(-c3ccco3)cc1n2Cc1cccc(F)c1F. The lowest BCUT2D eigenvalue weighted by molar-refractivity contribution is 0.100. The second-order valence-corrected chi connectivity index (χ2v) is 6.99.